The standard InChI is InChI=1S/C16H24N2O3/c1-20-12-14-3-2-9-18(14)16(19)11-13-4-6-15(7-5-13)21-10-8-17/h4-7,14H,2-3,8-12,17H2,1H3/t14-/m0/s1. The van der Waals surface area contributed by atoms with Crippen molar-refractivity contribution < 1.29 is 14.3 Å². The molecule has 1 aliphatic rings. The van der Waals surface area contributed by atoms with Crippen LogP contribution in [0.15, 0.2) is 24.3 Å². The molecule has 1 saturated heterocycles. The second kappa shape index (κ2) is 8.00. The van der Waals surface area contributed by atoms with Gasteiger partial charge in [0.2, 0.25) is 5.91 Å². The summed E-state index contributed by atoms with van der Waals surface area (Å²) < 4.78 is 10.6. The van der Waals surface area contributed by atoms with Gasteiger partial charge >= 0.3 is 0 Å². The Morgan fingerprint density at radius 1 is 1.38 bits per heavy atom. The Kier molecular flexibility index (Phi) is 6.02. The number of benzene rings is 1. The van der Waals surface area contributed by atoms with Crippen LogP contribution in [-0.4, -0.2) is 50.3 Å². The Hall–Kier alpha value is -1.59. The number of nitrogens with zero attached hydrogens (tertiary/aromatic N) is 1. The molecule has 1 aromatic rings. The van der Waals surface area contributed by atoms with Crippen LogP contribution in [0.1, 0.15) is 18.4 Å². The van der Waals surface area contributed by atoms with E-state index in [-0.39, 0.29) is 11.9 Å². The van der Waals surface area contributed by atoms with Gasteiger partial charge in [-0.15, -0.1) is 0 Å². The molecule has 1 aromatic carbocycles. The number of rotatable bonds is 7. The summed E-state index contributed by atoms with van der Waals surface area (Å²) in [5, 5.41) is 0. The van der Waals surface area contributed by atoms with Crippen LogP contribution >= 0.6 is 0 Å². The van der Waals surface area contributed by atoms with Gasteiger partial charge in [-0.2, -0.15) is 0 Å². The van der Waals surface area contributed by atoms with Crippen molar-refractivity contribution in [1.29, 1.82) is 0 Å². The fraction of sp³-hybridized carbons (Fsp3) is 0.562. The number of hydrogen-bond acceptors (Lipinski definition) is 4. The maximum atomic E-state index is 12.4. The molecular weight excluding hydrogens is 268 g/mol. The topological polar surface area (TPSA) is 64.8 Å². The molecule has 21 heavy (non-hydrogen) atoms. The van der Waals surface area contributed by atoms with Crippen LogP contribution in [0.4, 0.5) is 0 Å². The third-order valence-electron chi connectivity index (χ3n) is 3.72. The van der Waals surface area contributed by atoms with Crippen LogP contribution in [0.3, 0.4) is 0 Å². The molecular formula is C16H24N2O3. The Bertz CT molecular complexity index is 447. The van der Waals surface area contributed by atoms with Crippen molar-refractivity contribution in [2.45, 2.75) is 25.3 Å². The minimum Gasteiger partial charge on any atom is -0.492 e. The van der Waals surface area contributed by atoms with Crippen molar-refractivity contribution in [1.82, 2.24) is 4.90 Å². The first-order chi connectivity index (χ1) is 10.2. The molecule has 0 spiro atoms. The van der Waals surface area contributed by atoms with Crippen molar-refractivity contribution in [3.63, 3.8) is 0 Å². The zero-order chi connectivity index (χ0) is 15.1. The van der Waals surface area contributed by atoms with Gasteiger partial charge in [0.25, 0.3) is 0 Å². The zero-order valence-electron chi connectivity index (χ0n) is 12.6. The summed E-state index contributed by atoms with van der Waals surface area (Å²) in [5.74, 6) is 0.959. The van der Waals surface area contributed by atoms with E-state index in [0.717, 1.165) is 30.7 Å². The highest BCUT2D eigenvalue weighted by Crippen LogP contribution is 2.19. The molecule has 2 N–H and O–H groups in total. The Labute approximate surface area is 126 Å². The van der Waals surface area contributed by atoms with Gasteiger partial charge in [0, 0.05) is 20.2 Å². The summed E-state index contributed by atoms with van der Waals surface area (Å²) in [6.07, 6.45) is 2.52. The first-order valence-corrected chi connectivity index (χ1v) is 7.45. The minimum absolute atomic E-state index is 0.171. The van der Waals surface area contributed by atoms with Crippen LogP contribution in [-0.2, 0) is 16.0 Å². The van der Waals surface area contributed by atoms with Gasteiger partial charge in [0.15, 0.2) is 0 Å². The van der Waals surface area contributed by atoms with E-state index in [9.17, 15) is 4.79 Å². The SMILES string of the molecule is COC[C@@H]1CCCN1C(=O)Cc1ccc(OCCN)cc1. The average Bonchev–Trinajstić information content (AvgIpc) is 2.95. The maximum absolute atomic E-state index is 12.4. The number of likely N-dealkylation sites (tertiary alicyclic amines) is 1. The Balaban J connectivity index is 1.90. The number of hydrogen-bond donors (Lipinski definition) is 1. The van der Waals surface area contributed by atoms with E-state index in [0.29, 0.717) is 26.2 Å². The number of amides is 1. The second-order valence-electron chi connectivity index (χ2n) is 5.30. The van der Waals surface area contributed by atoms with E-state index < -0.39 is 0 Å². The maximum Gasteiger partial charge on any atom is 0.227 e. The summed E-state index contributed by atoms with van der Waals surface area (Å²) >= 11 is 0. The monoisotopic (exact) mass is 292 g/mol. The first kappa shape index (κ1) is 15.8. The highest BCUT2D eigenvalue weighted by Gasteiger charge is 2.28. The van der Waals surface area contributed by atoms with E-state index in [1.54, 1.807) is 7.11 Å². The average molecular weight is 292 g/mol. The third kappa shape index (κ3) is 4.44. The fourth-order valence-corrected chi connectivity index (χ4v) is 2.69. The largest absolute Gasteiger partial charge is 0.492 e. The van der Waals surface area contributed by atoms with Crippen molar-refractivity contribution >= 4 is 5.91 Å². The molecule has 1 aliphatic heterocycles. The lowest BCUT2D eigenvalue weighted by Gasteiger charge is -2.24. The number of carbonyl (C=O) groups excluding carboxylic acids is 1. The molecule has 0 saturated carbocycles. The van der Waals surface area contributed by atoms with Crippen LogP contribution in [0.25, 0.3) is 0 Å². The first-order valence-electron chi connectivity index (χ1n) is 7.45. The lowest BCUT2D eigenvalue weighted by atomic mass is 10.1. The Morgan fingerprint density at radius 2 is 2.14 bits per heavy atom. The molecule has 5 heteroatoms. The molecule has 1 amide bonds. The molecule has 1 atom stereocenters. The van der Waals surface area contributed by atoms with Gasteiger partial charge < -0.3 is 20.1 Å². The van der Waals surface area contributed by atoms with Gasteiger partial charge in [-0.25, -0.2) is 0 Å². The van der Waals surface area contributed by atoms with Crippen LogP contribution in [0, 0.1) is 0 Å². The number of methoxy groups -OCH3 is 1. The van der Waals surface area contributed by atoms with Crippen molar-refractivity contribution in [2.75, 3.05) is 33.4 Å². The molecule has 1 fully saturated rings. The fourth-order valence-electron chi connectivity index (χ4n) is 2.69. The molecule has 0 aliphatic carbocycles. The molecule has 0 bridgehead atoms. The predicted molar refractivity (Wildman–Crippen MR) is 81.3 cm³/mol. The molecule has 116 valence electrons. The van der Waals surface area contributed by atoms with Crippen molar-refractivity contribution in [2.24, 2.45) is 5.73 Å². The summed E-state index contributed by atoms with van der Waals surface area (Å²) in [6.45, 7) is 2.46. The Morgan fingerprint density at radius 3 is 2.81 bits per heavy atom. The van der Waals surface area contributed by atoms with Gasteiger partial charge in [-0.05, 0) is 30.5 Å². The zero-order valence-corrected chi connectivity index (χ0v) is 12.6. The highest BCUT2D eigenvalue weighted by atomic mass is 16.5. The highest BCUT2D eigenvalue weighted by molar-refractivity contribution is 5.79. The summed E-state index contributed by atoms with van der Waals surface area (Å²) in [5.41, 5.74) is 6.40. The van der Waals surface area contributed by atoms with Crippen molar-refractivity contribution in [3.8, 4) is 5.75 Å². The van der Waals surface area contributed by atoms with Crippen LogP contribution < -0.4 is 10.5 Å². The van der Waals surface area contributed by atoms with E-state index >= 15 is 0 Å². The quantitative estimate of drug-likeness (QED) is 0.820. The second-order valence-corrected chi connectivity index (χ2v) is 5.30. The van der Waals surface area contributed by atoms with Crippen LogP contribution in [0.5, 0.6) is 5.75 Å². The summed E-state index contributed by atoms with van der Waals surface area (Å²) in [6, 6.07) is 7.87. The van der Waals surface area contributed by atoms with E-state index in [1.165, 1.54) is 0 Å². The number of carbonyl (C=O) groups is 1. The smallest absolute Gasteiger partial charge is 0.227 e. The third-order valence-corrected chi connectivity index (χ3v) is 3.72. The number of nitrogens with two attached hydrogens (primary N) is 1. The van der Waals surface area contributed by atoms with Gasteiger partial charge in [0.1, 0.15) is 12.4 Å². The van der Waals surface area contributed by atoms with Crippen molar-refractivity contribution in [3.05, 3.63) is 29.8 Å². The summed E-state index contributed by atoms with van der Waals surface area (Å²) in [7, 11) is 1.68. The molecule has 0 unspecified atom stereocenters. The minimum atomic E-state index is 0.171. The molecule has 0 aromatic heterocycles. The predicted octanol–water partition coefficient (Wildman–Crippen LogP) is 1.20. The summed E-state index contributed by atoms with van der Waals surface area (Å²) in [4.78, 5) is 14.3. The molecule has 5 nitrogen and oxygen atoms in total. The molecule has 1 heterocycles. The lowest BCUT2D eigenvalue weighted by Crippen LogP contribution is -2.38. The van der Waals surface area contributed by atoms with E-state index in [1.807, 2.05) is 29.2 Å². The van der Waals surface area contributed by atoms with Gasteiger partial charge in [-0.1, -0.05) is 12.1 Å². The van der Waals surface area contributed by atoms with Gasteiger partial charge in [0.05, 0.1) is 19.1 Å². The van der Waals surface area contributed by atoms with Crippen LogP contribution in [0.2, 0.25) is 0 Å². The normalized spacial score (nSPS) is 18.0. The van der Waals surface area contributed by atoms with Gasteiger partial charge in [-0.3, -0.25) is 4.79 Å². The lowest BCUT2D eigenvalue weighted by molar-refractivity contribution is -0.132. The molecule has 0 radical (unpaired) electrons. The molecule has 2 rings (SSSR count). The van der Waals surface area contributed by atoms with E-state index in [2.05, 4.69) is 0 Å². The van der Waals surface area contributed by atoms with E-state index in [4.69, 9.17) is 15.2 Å². The number of ether oxygens (including phenoxy) is 2.